The number of sulfonamides is 1. The van der Waals surface area contributed by atoms with Gasteiger partial charge in [0.25, 0.3) is 0 Å². The molecule has 0 saturated carbocycles. The van der Waals surface area contributed by atoms with Gasteiger partial charge in [0.1, 0.15) is 0 Å². The van der Waals surface area contributed by atoms with Crippen LogP contribution in [0.15, 0.2) is 51.8 Å². The van der Waals surface area contributed by atoms with E-state index in [9.17, 15) is 13.2 Å². The molecular weight excluding hydrogens is 380 g/mol. The summed E-state index contributed by atoms with van der Waals surface area (Å²) in [5.41, 5.74) is 2.82. The molecule has 0 bridgehead atoms. The van der Waals surface area contributed by atoms with Crippen LogP contribution >= 0.6 is 15.9 Å². The lowest BCUT2D eigenvalue weighted by atomic mass is 10.1. The Morgan fingerprint density at radius 1 is 1.04 bits per heavy atom. The van der Waals surface area contributed by atoms with Crippen molar-refractivity contribution in [2.24, 2.45) is 0 Å². The van der Waals surface area contributed by atoms with Crippen molar-refractivity contribution in [2.75, 3.05) is 11.9 Å². The molecule has 0 fully saturated rings. The minimum absolute atomic E-state index is 0.111. The van der Waals surface area contributed by atoms with Crippen LogP contribution in [0.3, 0.4) is 0 Å². The number of hydrogen-bond donors (Lipinski definition) is 2. The van der Waals surface area contributed by atoms with E-state index in [1.54, 1.807) is 18.2 Å². The summed E-state index contributed by atoms with van der Waals surface area (Å²) in [6.07, 6.45) is 0. The maximum Gasteiger partial charge on any atom is 0.241 e. The Morgan fingerprint density at radius 2 is 1.70 bits per heavy atom. The van der Waals surface area contributed by atoms with E-state index in [2.05, 4.69) is 26.0 Å². The van der Waals surface area contributed by atoms with Crippen molar-refractivity contribution < 1.29 is 13.2 Å². The van der Waals surface area contributed by atoms with Gasteiger partial charge in [-0.15, -0.1) is 0 Å². The normalized spacial score (nSPS) is 11.3. The van der Waals surface area contributed by atoms with Gasteiger partial charge < -0.3 is 5.32 Å². The molecule has 0 aliphatic rings. The Hall–Kier alpha value is -1.70. The number of rotatable bonds is 5. The van der Waals surface area contributed by atoms with Gasteiger partial charge in [0.05, 0.1) is 11.4 Å². The second-order valence-electron chi connectivity index (χ2n) is 5.13. The molecule has 0 aliphatic heterocycles. The van der Waals surface area contributed by atoms with E-state index in [0.717, 1.165) is 15.6 Å². The number of halogens is 1. The van der Waals surface area contributed by atoms with Crippen molar-refractivity contribution in [3.63, 3.8) is 0 Å². The van der Waals surface area contributed by atoms with E-state index in [-0.39, 0.29) is 11.4 Å². The molecule has 0 saturated heterocycles. The van der Waals surface area contributed by atoms with Crippen molar-refractivity contribution >= 4 is 37.5 Å². The van der Waals surface area contributed by atoms with Crippen LogP contribution < -0.4 is 10.0 Å². The molecule has 23 heavy (non-hydrogen) atoms. The van der Waals surface area contributed by atoms with Gasteiger partial charge in [0.2, 0.25) is 15.9 Å². The summed E-state index contributed by atoms with van der Waals surface area (Å²) < 4.78 is 27.3. The van der Waals surface area contributed by atoms with Gasteiger partial charge in [-0.2, -0.15) is 0 Å². The van der Waals surface area contributed by atoms with Gasteiger partial charge in [0, 0.05) is 10.2 Å². The van der Waals surface area contributed by atoms with E-state index in [1.165, 1.54) is 12.1 Å². The largest absolute Gasteiger partial charge is 0.325 e. The molecule has 2 aromatic carbocycles. The molecule has 0 aliphatic carbocycles. The van der Waals surface area contributed by atoms with Gasteiger partial charge in [-0.25, -0.2) is 13.1 Å². The Balaban J connectivity index is 1.98. The van der Waals surface area contributed by atoms with Gasteiger partial charge in [-0.3, -0.25) is 4.79 Å². The Kier molecular flexibility index (Phi) is 5.56. The standard InChI is InChI=1S/C16H17BrN2O3S/c1-11-3-6-14(9-12(11)2)19-16(20)10-18-23(21,22)15-7-4-13(17)5-8-15/h3-9,18H,10H2,1-2H3,(H,19,20). The highest BCUT2D eigenvalue weighted by molar-refractivity contribution is 9.10. The second kappa shape index (κ2) is 7.25. The zero-order chi connectivity index (χ0) is 17.0. The lowest BCUT2D eigenvalue weighted by Gasteiger charge is -2.09. The molecule has 0 heterocycles. The van der Waals surface area contributed by atoms with Gasteiger partial charge in [0.15, 0.2) is 0 Å². The number of nitrogens with one attached hydrogen (secondary N) is 2. The SMILES string of the molecule is Cc1ccc(NC(=O)CNS(=O)(=O)c2ccc(Br)cc2)cc1C. The summed E-state index contributed by atoms with van der Waals surface area (Å²) >= 11 is 3.24. The molecule has 122 valence electrons. The number of benzene rings is 2. The van der Waals surface area contributed by atoms with E-state index < -0.39 is 15.9 Å². The molecule has 2 N–H and O–H groups in total. The van der Waals surface area contributed by atoms with Crippen molar-refractivity contribution in [2.45, 2.75) is 18.7 Å². The first-order valence-corrected chi connectivity index (χ1v) is 9.18. The summed E-state index contributed by atoms with van der Waals surface area (Å²) in [6.45, 7) is 3.60. The molecular formula is C16H17BrN2O3S. The summed E-state index contributed by atoms with van der Waals surface area (Å²) in [4.78, 5) is 12.0. The summed E-state index contributed by atoms with van der Waals surface area (Å²) in [5, 5.41) is 2.67. The summed E-state index contributed by atoms with van der Waals surface area (Å²) in [7, 11) is -3.71. The van der Waals surface area contributed by atoms with Crippen molar-refractivity contribution in [3.8, 4) is 0 Å². The van der Waals surface area contributed by atoms with Gasteiger partial charge >= 0.3 is 0 Å². The fourth-order valence-corrected chi connectivity index (χ4v) is 3.13. The molecule has 0 unspecified atom stereocenters. The molecule has 7 heteroatoms. The van der Waals surface area contributed by atoms with Crippen LogP contribution in [0.2, 0.25) is 0 Å². The summed E-state index contributed by atoms with van der Waals surface area (Å²) in [6, 6.07) is 11.7. The minimum atomic E-state index is -3.71. The van der Waals surface area contributed by atoms with E-state index in [1.807, 2.05) is 26.0 Å². The zero-order valence-electron chi connectivity index (χ0n) is 12.8. The lowest BCUT2D eigenvalue weighted by molar-refractivity contribution is -0.115. The smallest absolute Gasteiger partial charge is 0.241 e. The average Bonchev–Trinajstić information content (AvgIpc) is 2.50. The Labute approximate surface area is 144 Å². The second-order valence-corrected chi connectivity index (χ2v) is 7.81. The van der Waals surface area contributed by atoms with Crippen LogP contribution in [0.5, 0.6) is 0 Å². The van der Waals surface area contributed by atoms with E-state index in [0.29, 0.717) is 5.69 Å². The highest BCUT2D eigenvalue weighted by Gasteiger charge is 2.15. The number of anilines is 1. The first-order valence-electron chi connectivity index (χ1n) is 6.90. The zero-order valence-corrected chi connectivity index (χ0v) is 15.2. The number of aryl methyl sites for hydroxylation is 2. The fraction of sp³-hybridized carbons (Fsp3) is 0.188. The number of carbonyl (C=O) groups excluding carboxylic acids is 1. The predicted molar refractivity (Wildman–Crippen MR) is 93.9 cm³/mol. The maximum atomic E-state index is 12.1. The Bertz CT molecular complexity index is 818. The molecule has 5 nitrogen and oxygen atoms in total. The fourth-order valence-electron chi connectivity index (χ4n) is 1.88. The average molecular weight is 397 g/mol. The highest BCUT2D eigenvalue weighted by atomic mass is 79.9. The molecule has 1 amide bonds. The van der Waals surface area contributed by atoms with Crippen LogP contribution in [-0.4, -0.2) is 20.9 Å². The minimum Gasteiger partial charge on any atom is -0.325 e. The van der Waals surface area contributed by atoms with Gasteiger partial charge in [-0.05, 0) is 61.4 Å². The van der Waals surface area contributed by atoms with Crippen LogP contribution in [0.25, 0.3) is 0 Å². The topological polar surface area (TPSA) is 75.3 Å². The third-order valence-corrected chi connectivity index (χ3v) is 5.28. The molecule has 2 rings (SSSR count). The lowest BCUT2D eigenvalue weighted by Crippen LogP contribution is -2.32. The molecule has 0 atom stereocenters. The maximum absolute atomic E-state index is 12.1. The monoisotopic (exact) mass is 396 g/mol. The molecule has 0 spiro atoms. The van der Waals surface area contributed by atoms with Crippen molar-refractivity contribution in [3.05, 3.63) is 58.1 Å². The molecule has 0 radical (unpaired) electrons. The first-order chi connectivity index (χ1) is 10.8. The first kappa shape index (κ1) is 17.7. The predicted octanol–water partition coefficient (Wildman–Crippen LogP) is 2.98. The highest BCUT2D eigenvalue weighted by Crippen LogP contribution is 2.15. The van der Waals surface area contributed by atoms with Crippen LogP contribution in [0.4, 0.5) is 5.69 Å². The number of hydrogen-bond acceptors (Lipinski definition) is 3. The Morgan fingerprint density at radius 3 is 2.30 bits per heavy atom. The summed E-state index contributed by atoms with van der Waals surface area (Å²) in [5.74, 6) is -0.422. The van der Waals surface area contributed by atoms with Crippen LogP contribution in [-0.2, 0) is 14.8 Å². The van der Waals surface area contributed by atoms with Crippen LogP contribution in [0, 0.1) is 13.8 Å². The van der Waals surface area contributed by atoms with Crippen LogP contribution in [0.1, 0.15) is 11.1 Å². The number of amides is 1. The quantitative estimate of drug-likeness (QED) is 0.815. The number of carbonyl (C=O) groups is 1. The van der Waals surface area contributed by atoms with Crippen molar-refractivity contribution in [1.82, 2.24) is 4.72 Å². The van der Waals surface area contributed by atoms with Crippen molar-refractivity contribution in [1.29, 1.82) is 0 Å². The molecule has 2 aromatic rings. The van der Waals surface area contributed by atoms with E-state index >= 15 is 0 Å². The third kappa shape index (κ3) is 4.89. The molecule has 0 aromatic heterocycles. The van der Waals surface area contributed by atoms with Gasteiger partial charge in [-0.1, -0.05) is 22.0 Å². The third-order valence-electron chi connectivity index (χ3n) is 3.34. The van der Waals surface area contributed by atoms with E-state index in [4.69, 9.17) is 0 Å².